The van der Waals surface area contributed by atoms with E-state index in [1.807, 2.05) is 0 Å². The summed E-state index contributed by atoms with van der Waals surface area (Å²) in [6.07, 6.45) is 0. The third-order valence-electron chi connectivity index (χ3n) is 5.42. The fraction of sp³-hybridized carbons (Fsp3) is 0.304. The standard InChI is InChI=1S/C23H27N3/c1-15(2)26-16(3)11-19-12-21(9-10-23(19)26)25-14-18-7-8-20(24(5)6)13-22(18)17(25)4/h7-13,15H,4,14H2,1-3,5-6H3. The Labute approximate surface area is 156 Å². The van der Waals surface area contributed by atoms with Crippen molar-refractivity contribution in [1.82, 2.24) is 4.57 Å². The van der Waals surface area contributed by atoms with Gasteiger partial charge in [0.05, 0.1) is 0 Å². The van der Waals surface area contributed by atoms with Crippen molar-refractivity contribution < 1.29 is 0 Å². The molecule has 0 amide bonds. The molecule has 3 nitrogen and oxygen atoms in total. The summed E-state index contributed by atoms with van der Waals surface area (Å²) in [5.41, 5.74) is 8.73. The number of hydrogen-bond acceptors (Lipinski definition) is 2. The van der Waals surface area contributed by atoms with Gasteiger partial charge in [-0.25, -0.2) is 0 Å². The summed E-state index contributed by atoms with van der Waals surface area (Å²) in [6, 6.07) is 16.2. The minimum atomic E-state index is 0.466. The quantitative estimate of drug-likeness (QED) is 0.613. The molecule has 0 atom stereocenters. The van der Waals surface area contributed by atoms with Crippen molar-refractivity contribution in [3.05, 3.63) is 65.9 Å². The normalized spacial score (nSPS) is 13.8. The van der Waals surface area contributed by atoms with Crippen LogP contribution in [-0.2, 0) is 6.54 Å². The summed E-state index contributed by atoms with van der Waals surface area (Å²) in [5, 5.41) is 1.30. The van der Waals surface area contributed by atoms with Crippen LogP contribution in [0.4, 0.5) is 11.4 Å². The Hall–Kier alpha value is -2.68. The maximum Gasteiger partial charge on any atom is 0.0488 e. The lowest BCUT2D eigenvalue weighted by Crippen LogP contribution is -2.12. The topological polar surface area (TPSA) is 11.4 Å². The molecule has 0 spiro atoms. The molecule has 4 rings (SSSR count). The van der Waals surface area contributed by atoms with Gasteiger partial charge in [-0.15, -0.1) is 0 Å². The largest absolute Gasteiger partial charge is 0.378 e. The van der Waals surface area contributed by atoms with Crippen molar-refractivity contribution in [2.45, 2.75) is 33.4 Å². The first kappa shape index (κ1) is 16.8. The molecule has 0 saturated carbocycles. The van der Waals surface area contributed by atoms with Crippen LogP contribution < -0.4 is 9.80 Å². The van der Waals surface area contributed by atoms with E-state index in [4.69, 9.17) is 0 Å². The Bertz CT molecular complexity index is 1010. The molecule has 0 radical (unpaired) electrons. The van der Waals surface area contributed by atoms with Crippen molar-refractivity contribution in [3.63, 3.8) is 0 Å². The number of fused-ring (bicyclic) bond motifs is 2. The summed E-state index contributed by atoms with van der Waals surface area (Å²) in [5.74, 6) is 0. The summed E-state index contributed by atoms with van der Waals surface area (Å²) < 4.78 is 2.40. The molecule has 3 aromatic rings. The van der Waals surface area contributed by atoms with Gasteiger partial charge in [0.1, 0.15) is 0 Å². The van der Waals surface area contributed by atoms with Gasteiger partial charge >= 0.3 is 0 Å². The molecule has 2 heterocycles. The van der Waals surface area contributed by atoms with E-state index in [-0.39, 0.29) is 0 Å². The van der Waals surface area contributed by atoms with Gasteiger partial charge in [-0.2, -0.15) is 0 Å². The van der Waals surface area contributed by atoms with E-state index < -0.39 is 0 Å². The molecular formula is C23H27N3. The van der Waals surface area contributed by atoms with Crippen LogP contribution in [0.25, 0.3) is 16.6 Å². The molecule has 1 aliphatic rings. The van der Waals surface area contributed by atoms with Crippen molar-refractivity contribution >= 4 is 28.0 Å². The average Bonchev–Trinajstić information content (AvgIpc) is 3.10. The number of aromatic nitrogens is 1. The van der Waals surface area contributed by atoms with E-state index in [1.165, 1.54) is 39.1 Å². The molecule has 0 aliphatic carbocycles. The smallest absolute Gasteiger partial charge is 0.0488 e. The third kappa shape index (κ3) is 2.50. The van der Waals surface area contributed by atoms with Crippen molar-refractivity contribution in [1.29, 1.82) is 0 Å². The lowest BCUT2D eigenvalue weighted by molar-refractivity contribution is 0.608. The Morgan fingerprint density at radius 2 is 1.81 bits per heavy atom. The lowest BCUT2D eigenvalue weighted by atomic mass is 10.1. The molecule has 134 valence electrons. The SMILES string of the molecule is C=C1c2cc(N(C)C)ccc2CN1c1ccc2c(c1)cc(C)n2C(C)C. The molecule has 0 saturated heterocycles. The number of nitrogens with zero attached hydrogens (tertiary/aromatic N) is 3. The second kappa shape index (κ2) is 5.94. The average molecular weight is 345 g/mol. The highest BCUT2D eigenvalue weighted by Crippen LogP contribution is 2.39. The van der Waals surface area contributed by atoms with Gasteiger partial charge < -0.3 is 14.4 Å². The zero-order valence-corrected chi connectivity index (χ0v) is 16.4. The minimum absolute atomic E-state index is 0.466. The number of rotatable bonds is 3. The van der Waals surface area contributed by atoms with Crippen molar-refractivity contribution in [3.8, 4) is 0 Å². The Morgan fingerprint density at radius 3 is 2.50 bits per heavy atom. The fourth-order valence-electron chi connectivity index (χ4n) is 4.12. The van der Waals surface area contributed by atoms with E-state index in [0.29, 0.717) is 6.04 Å². The predicted molar refractivity (Wildman–Crippen MR) is 113 cm³/mol. The molecule has 0 unspecified atom stereocenters. The first-order valence-electron chi connectivity index (χ1n) is 9.25. The number of anilines is 2. The zero-order valence-electron chi connectivity index (χ0n) is 16.4. The molecular weight excluding hydrogens is 318 g/mol. The summed E-state index contributed by atoms with van der Waals surface area (Å²) in [6.45, 7) is 11.9. The maximum absolute atomic E-state index is 4.39. The van der Waals surface area contributed by atoms with Gasteiger partial charge in [-0.3, -0.25) is 0 Å². The second-order valence-electron chi connectivity index (χ2n) is 7.76. The molecule has 3 heteroatoms. The molecule has 1 aliphatic heterocycles. The van der Waals surface area contributed by atoms with Gasteiger partial charge in [-0.1, -0.05) is 12.6 Å². The van der Waals surface area contributed by atoms with E-state index in [0.717, 1.165) is 12.2 Å². The Balaban J connectivity index is 1.73. The summed E-state index contributed by atoms with van der Waals surface area (Å²) in [4.78, 5) is 4.46. The molecule has 1 aromatic heterocycles. The Kier molecular flexibility index (Phi) is 3.83. The van der Waals surface area contributed by atoms with Gasteiger partial charge in [0.25, 0.3) is 0 Å². The zero-order chi connectivity index (χ0) is 18.6. The van der Waals surface area contributed by atoms with Crippen LogP contribution in [-0.4, -0.2) is 18.7 Å². The number of benzene rings is 2. The molecule has 2 aromatic carbocycles. The van der Waals surface area contributed by atoms with Crippen LogP contribution in [0.2, 0.25) is 0 Å². The highest BCUT2D eigenvalue weighted by molar-refractivity contribution is 5.90. The minimum Gasteiger partial charge on any atom is -0.378 e. The van der Waals surface area contributed by atoms with Gasteiger partial charge in [-0.05, 0) is 62.7 Å². The van der Waals surface area contributed by atoms with Crippen LogP contribution in [0.1, 0.15) is 36.7 Å². The second-order valence-corrected chi connectivity index (χ2v) is 7.76. The fourth-order valence-corrected chi connectivity index (χ4v) is 4.12. The first-order valence-corrected chi connectivity index (χ1v) is 9.25. The Morgan fingerprint density at radius 1 is 1.04 bits per heavy atom. The number of aryl methyl sites for hydroxylation is 1. The highest BCUT2D eigenvalue weighted by Gasteiger charge is 2.24. The van der Waals surface area contributed by atoms with E-state index in [2.05, 4.69) is 98.3 Å². The van der Waals surface area contributed by atoms with Crippen LogP contribution in [0, 0.1) is 6.92 Å². The maximum atomic E-state index is 4.39. The van der Waals surface area contributed by atoms with Crippen LogP contribution in [0.5, 0.6) is 0 Å². The summed E-state index contributed by atoms with van der Waals surface area (Å²) >= 11 is 0. The van der Waals surface area contributed by atoms with Crippen LogP contribution >= 0.6 is 0 Å². The van der Waals surface area contributed by atoms with Crippen molar-refractivity contribution in [2.75, 3.05) is 23.9 Å². The van der Waals surface area contributed by atoms with E-state index >= 15 is 0 Å². The predicted octanol–water partition coefficient (Wildman–Crippen LogP) is 5.59. The lowest BCUT2D eigenvalue weighted by Gasteiger charge is -2.20. The van der Waals surface area contributed by atoms with E-state index in [9.17, 15) is 0 Å². The first-order chi connectivity index (χ1) is 12.4. The number of hydrogen-bond donors (Lipinski definition) is 0. The molecule has 0 N–H and O–H groups in total. The monoisotopic (exact) mass is 345 g/mol. The molecule has 0 bridgehead atoms. The highest BCUT2D eigenvalue weighted by atomic mass is 15.2. The molecule has 26 heavy (non-hydrogen) atoms. The molecule has 0 fully saturated rings. The van der Waals surface area contributed by atoms with Gasteiger partial charge in [0, 0.05) is 65.9 Å². The van der Waals surface area contributed by atoms with Crippen LogP contribution in [0.15, 0.2) is 49.0 Å². The third-order valence-corrected chi connectivity index (χ3v) is 5.42. The summed E-state index contributed by atoms with van der Waals surface area (Å²) in [7, 11) is 4.15. The van der Waals surface area contributed by atoms with Gasteiger partial charge in [0.2, 0.25) is 0 Å². The van der Waals surface area contributed by atoms with Crippen molar-refractivity contribution in [2.24, 2.45) is 0 Å². The van der Waals surface area contributed by atoms with Crippen LogP contribution in [0.3, 0.4) is 0 Å². The van der Waals surface area contributed by atoms with E-state index in [1.54, 1.807) is 0 Å². The van der Waals surface area contributed by atoms with Gasteiger partial charge in [0.15, 0.2) is 0 Å².